The molecule has 28 heavy (non-hydrogen) atoms. The molecular weight excluding hydrogens is 406 g/mol. The van der Waals surface area contributed by atoms with Crippen LogP contribution in [0, 0.1) is 11.7 Å². The van der Waals surface area contributed by atoms with E-state index < -0.39 is 5.82 Å². The summed E-state index contributed by atoms with van der Waals surface area (Å²) in [4.78, 5) is 13.4. The van der Waals surface area contributed by atoms with Crippen LogP contribution >= 0.6 is 23.2 Å². The number of benzene rings is 2. The number of rotatable bonds is 5. The van der Waals surface area contributed by atoms with Crippen LogP contribution in [0.15, 0.2) is 36.9 Å². The van der Waals surface area contributed by atoms with Gasteiger partial charge in [0.05, 0.1) is 22.3 Å². The zero-order valence-corrected chi connectivity index (χ0v) is 16.3. The van der Waals surface area contributed by atoms with E-state index in [0.717, 1.165) is 0 Å². The van der Waals surface area contributed by atoms with E-state index in [-0.39, 0.29) is 18.4 Å². The number of nitrogens with one attached hydrogen (secondary N) is 1. The zero-order chi connectivity index (χ0) is 19.8. The smallest absolute Gasteiger partial charge is 0.262 e. The Kier molecular flexibility index (Phi) is 5.08. The van der Waals surface area contributed by atoms with Crippen molar-refractivity contribution in [1.29, 1.82) is 0 Å². The number of hydrogen-bond donors (Lipinski definition) is 1. The summed E-state index contributed by atoms with van der Waals surface area (Å²) < 4.78 is 25.5. The number of ether oxygens (including phenoxy) is 2. The summed E-state index contributed by atoms with van der Waals surface area (Å²) >= 11 is 12.2. The maximum absolute atomic E-state index is 14.5. The van der Waals surface area contributed by atoms with E-state index >= 15 is 0 Å². The monoisotopic (exact) mass is 422 g/mol. The first-order valence-corrected chi connectivity index (χ1v) is 9.45. The van der Waals surface area contributed by atoms with Crippen molar-refractivity contribution in [3.63, 3.8) is 0 Å². The minimum Gasteiger partial charge on any atom is -0.490 e. The third-order valence-electron chi connectivity index (χ3n) is 4.73. The molecule has 0 radical (unpaired) electrons. The summed E-state index contributed by atoms with van der Waals surface area (Å²) in [6, 6.07) is 8.03. The first-order valence-electron chi connectivity index (χ1n) is 8.69. The molecule has 146 valence electrons. The molecule has 2 aromatic rings. The van der Waals surface area contributed by atoms with Gasteiger partial charge in [0.1, 0.15) is 11.6 Å². The second-order valence-electron chi connectivity index (χ2n) is 6.74. The van der Waals surface area contributed by atoms with Crippen molar-refractivity contribution in [3.05, 3.63) is 58.3 Å². The lowest BCUT2D eigenvalue weighted by Crippen LogP contribution is -2.47. The standard InChI is InChI=1S/C20H17Cl2FN2O3/c1-11(13-5-17-18(6-16(13)23)27-10-19(26)24-17)25-7-12(8-25)9-28-20-14(21)3-2-4-15(20)22/h2-6,12H,1,7-10H2,(H,24,26). The van der Waals surface area contributed by atoms with Crippen LogP contribution in [0.25, 0.3) is 5.70 Å². The van der Waals surface area contributed by atoms with Gasteiger partial charge in [-0.1, -0.05) is 35.8 Å². The molecule has 2 aliphatic heterocycles. The molecule has 0 atom stereocenters. The lowest BCUT2D eigenvalue weighted by molar-refractivity contribution is -0.118. The number of anilines is 1. The third kappa shape index (κ3) is 3.62. The first-order chi connectivity index (χ1) is 13.4. The maximum atomic E-state index is 14.5. The number of carbonyl (C=O) groups excluding carboxylic acids is 1. The second kappa shape index (κ2) is 7.53. The van der Waals surface area contributed by atoms with Crippen LogP contribution < -0.4 is 14.8 Å². The van der Waals surface area contributed by atoms with Crippen LogP contribution in [-0.4, -0.2) is 37.1 Å². The van der Waals surface area contributed by atoms with E-state index in [9.17, 15) is 9.18 Å². The first kappa shape index (κ1) is 18.9. The highest BCUT2D eigenvalue weighted by molar-refractivity contribution is 6.37. The molecule has 0 spiro atoms. The van der Waals surface area contributed by atoms with Crippen LogP contribution in [0.1, 0.15) is 5.56 Å². The van der Waals surface area contributed by atoms with Gasteiger partial charge in [-0.15, -0.1) is 0 Å². The number of carbonyl (C=O) groups is 1. The number of hydrogen-bond acceptors (Lipinski definition) is 4. The summed E-state index contributed by atoms with van der Waals surface area (Å²) in [5.41, 5.74) is 1.33. The van der Waals surface area contributed by atoms with Crippen molar-refractivity contribution in [2.75, 3.05) is 31.6 Å². The highest BCUT2D eigenvalue weighted by Crippen LogP contribution is 2.37. The number of halogens is 3. The fraction of sp³-hybridized carbons (Fsp3) is 0.250. The maximum Gasteiger partial charge on any atom is 0.262 e. The average Bonchev–Trinajstić information content (AvgIpc) is 2.62. The SMILES string of the molecule is C=C(c1cc2c(cc1F)OCC(=O)N2)N1CC(COc2c(Cl)cccc2Cl)C1. The average molecular weight is 423 g/mol. The van der Waals surface area contributed by atoms with Crippen molar-refractivity contribution >= 4 is 40.5 Å². The Morgan fingerprint density at radius 2 is 2.04 bits per heavy atom. The quantitative estimate of drug-likeness (QED) is 0.773. The van der Waals surface area contributed by atoms with Crippen molar-refractivity contribution in [3.8, 4) is 11.5 Å². The Hall–Kier alpha value is -2.44. The molecular formula is C20H17Cl2FN2O3. The Labute approximate surface area is 171 Å². The molecule has 1 N–H and O–H groups in total. The highest BCUT2D eigenvalue weighted by atomic mass is 35.5. The van der Waals surface area contributed by atoms with Gasteiger partial charge in [-0.3, -0.25) is 4.79 Å². The summed E-state index contributed by atoms with van der Waals surface area (Å²) in [6.45, 7) is 5.67. The van der Waals surface area contributed by atoms with Gasteiger partial charge in [-0.2, -0.15) is 0 Å². The molecule has 0 aliphatic carbocycles. The van der Waals surface area contributed by atoms with Crippen LogP contribution in [0.3, 0.4) is 0 Å². The van der Waals surface area contributed by atoms with Gasteiger partial charge in [-0.25, -0.2) is 4.39 Å². The molecule has 0 bridgehead atoms. The van der Waals surface area contributed by atoms with Gasteiger partial charge < -0.3 is 19.7 Å². The van der Waals surface area contributed by atoms with E-state index in [2.05, 4.69) is 11.9 Å². The minimum absolute atomic E-state index is 0.115. The number of fused-ring (bicyclic) bond motifs is 1. The van der Waals surface area contributed by atoms with Gasteiger partial charge >= 0.3 is 0 Å². The van der Waals surface area contributed by atoms with Crippen LogP contribution in [0.5, 0.6) is 11.5 Å². The molecule has 2 heterocycles. The fourth-order valence-electron chi connectivity index (χ4n) is 3.21. The van der Waals surface area contributed by atoms with Gasteiger partial charge in [0, 0.05) is 36.3 Å². The van der Waals surface area contributed by atoms with E-state index in [0.29, 0.717) is 58.2 Å². The summed E-state index contributed by atoms with van der Waals surface area (Å²) in [5, 5.41) is 3.61. The predicted molar refractivity (Wildman–Crippen MR) is 107 cm³/mol. The Morgan fingerprint density at radius 1 is 1.32 bits per heavy atom. The molecule has 1 saturated heterocycles. The second-order valence-corrected chi connectivity index (χ2v) is 7.56. The molecule has 2 aromatic carbocycles. The van der Waals surface area contributed by atoms with E-state index in [1.54, 1.807) is 24.3 Å². The van der Waals surface area contributed by atoms with Crippen LogP contribution in [-0.2, 0) is 4.79 Å². The zero-order valence-electron chi connectivity index (χ0n) is 14.8. The van der Waals surface area contributed by atoms with Crippen molar-refractivity contribution < 1.29 is 18.7 Å². The van der Waals surface area contributed by atoms with Crippen molar-refractivity contribution in [2.45, 2.75) is 0 Å². The van der Waals surface area contributed by atoms with Gasteiger partial charge in [0.15, 0.2) is 12.4 Å². The van der Waals surface area contributed by atoms with Gasteiger partial charge in [-0.05, 0) is 18.2 Å². The number of nitrogens with zero attached hydrogens (tertiary/aromatic N) is 1. The van der Waals surface area contributed by atoms with Gasteiger partial charge in [0.2, 0.25) is 0 Å². The van der Waals surface area contributed by atoms with E-state index in [1.807, 2.05) is 4.90 Å². The summed E-state index contributed by atoms with van der Waals surface area (Å²) in [6.07, 6.45) is 0. The molecule has 2 aliphatic rings. The molecule has 0 saturated carbocycles. The molecule has 8 heteroatoms. The normalized spacial score (nSPS) is 16.0. The molecule has 0 unspecified atom stereocenters. The van der Waals surface area contributed by atoms with E-state index in [1.165, 1.54) is 6.07 Å². The largest absolute Gasteiger partial charge is 0.490 e. The highest BCUT2D eigenvalue weighted by Gasteiger charge is 2.31. The fourth-order valence-corrected chi connectivity index (χ4v) is 3.72. The third-order valence-corrected chi connectivity index (χ3v) is 5.33. The number of amides is 1. The van der Waals surface area contributed by atoms with E-state index in [4.69, 9.17) is 32.7 Å². The Bertz CT molecular complexity index is 940. The lowest BCUT2D eigenvalue weighted by Gasteiger charge is -2.42. The topological polar surface area (TPSA) is 50.8 Å². The molecule has 4 rings (SSSR count). The Balaban J connectivity index is 1.38. The molecule has 5 nitrogen and oxygen atoms in total. The molecule has 1 amide bonds. The summed E-state index contributed by atoms with van der Waals surface area (Å²) in [5.74, 6) is 0.324. The van der Waals surface area contributed by atoms with Crippen molar-refractivity contribution in [2.24, 2.45) is 5.92 Å². The Morgan fingerprint density at radius 3 is 2.75 bits per heavy atom. The minimum atomic E-state index is -0.442. The lowest BCUT2D eigenvalue weighted by atomic mass is 9.98. The predicted octanol–water partition coefficient (Wildman–Crippen LogP) is 4.44. The summed E-state index contributed by atoms with van der Waals surface area (Å²) in [7, 11) is 0. The van der Waals surface area contributed by atoms with Crippen LogP contribution in [0.2, 0.25) is 10.0 Å². The van der Waals surface area contributed by atoms with Gasteiger partial charge in [0.25, 0.3) is 5.91 Å². The number of para-hydroxylation sites is 1. The van der Waals surface area contributed by atoms with Crippen molar-refractivity contribution in [1.82, 2.24) is 4.90 Å². The van der Waals surface area contributed by atoms with Crippen LogP contribution in [0.4, 0.5) is 10.1 Å². The number of likely N-dealkylation sites (tertiary alicyclic amines) is 1. The molecule has 1 fully saturated rings. The molecule has 0 aromatic heterocycles.